The van der Waals surface area contributed by atoms with Crippen molar-refractivity contribution in [1.82, 2.24) is 20.1 Å². The lowest BCUT2D eigenvalue weighted by Crippen LogP contribution is -2.24. The summed E-state index contributed by atoms with van der Waals surface area (Å²) in [6, 6.07) is 8.73. The molecule has 2 N–H and O–H groups in total. The summed E-state index contributed by atoms with van der Waals surface area (Å²) < 4.78 is 1.57. The Morgan fingerprint density at radius 1 is 1.31 bits per heavy atom. The first-order chi connectivity index (χ1) is 13.9. The van der Waals surface area contributed by atoms with Crippen LogP contribution in [0.2, 0.25) is 0 Å². The van der Waals surface area contributed by atoms with Gasteiger partial charge in [-0.25, -0.2) is 9.67 Å². The Morgan fingerprint density at radius 3 is 2.83 bits per heavy atom. The molecule has 4 rings (SSSR count). The molecule has 1 amide bonds. The average molecular weight is 392 g/mol. The van der Waals surface area contributed by atoms with Gasteiger partial charge in [-0.05, 0) is 54.7 Å². The number of anilines is 2. The molecule has 0 saturated heterocycles. The Hall–Kier alpha value is -3.75. The molecule has 0 unspecified atom stereocenters. The molecule has 1 atom stereocenters. The number of pyridine rings is 1. The molecule has 3 aromatic rings. The first-order valence-electron chi connectivity index (χ1n) is 9.25. The number of hydrogen-bond donors (Lipinski definition) is 2. The van der Waals surface area contributed by atoms with Gasteiger partial charge < -0.3 is 10.6 Å². The SMILES string of the molecule is CC(=O)N[C@H]1CCc2cc(Nc3nc(-n4cc(C)cn4)ccc3[N+](=O)[O-])ccc21. The fraction of sp³-hybridized carbons (Fsp3) is 0.250. The van der Waals surface area contributed by atoms with Crippen LogP contribution in [-0.4, -0.2) is 25.6 Å². The third-order valence-corrected chi connectivity index (χ3v) is 4.86. The smallest absolute Gasteiger partial charge is 0.311 e. The lowest BCUT2D eigenvalue weighted by atomic mass is 10.1. The van der Waals surface area contributed by atoms with Gasteiger partial charge >= 0.3 is 5.69 Å². The molecule has 1 aliphatic rings. The Morgan fingerprint density at radius 2 is 2.14 bits per heavy atom. The van der Waals surface area contributed by atoms with Crippen molar-refractivity contribution in [3.8, 4) is 5.82 Å². The number of aromatic nitrogens is 3. The molecule has 0 aliphatic heterocycles. The van der Waals surface area contributed by atoms with Crippen LogP contribution in [0.25, 0.3) is 5.82 Å². The van der Waals surface area contributed by atoms with Gasteiger partial charge in [0.15, 0.2) is 5.82 Å². The Labute approximate surface area is 166 Å². The summed E-state index contributed by atoms with van der Waals surface area (Å²) in [5.41, 5.74) is 3.74. The third kappa shape index (κ3) is 3.79. The maximum Gasteiger partial charge on any atom is 0.311 e. The highest BCUT2D eigenvalue weighted by molar-refractivity contribution is 5.74. The predicted octanol–water partition coefficient (Wildman–Crippen LogP) is 3.35. The molecular formula is C20H20N6O3. The van der Waals surface area contributed by atoms with Crippen molar-refractivity contribution in [3.63, 3.8) is 0 Å². The number of carbonyl (C=O) groups is 1. The van der Waals surface area contributed by atoms with Crippen LogP contribution in [0.15, 0.2) is 42.7 Å². The van der Waals surface area contributed by atoms with Crippen molar-refractivity contribution < 1.29 is 9.72 Å². The highest BCUT2D eigenvalue weighted by Crippen LogP contribution is 2.34. The number of amides is 1. The highest BCUT2D eigenvalue weighted by Gasteiger charge is 2.24. The minimum atomic E-state index is -0.465. The molecule has 2 aromatic heterocycles. The van der Waals surface area contributed by atoms with Crippen molar-refractivity contribution in [2.24, 2.45) is 0 Å². The van der Waals surface area contributed by atoms with Crippen LogP contribution < -0.4 is 10.6 Å². The van der Waals surface area contributed by atoms with Crippen molar-refractivity contribution in [1.29, 1.82) is 0 Å². The average Bonchev–Trinajstić information content (AvgIpc) is 3.27. The summed E-state index contributed by atoms with van der Waals surface area (Å²) in [5.74, 6) is 0.575. The van der Waals surface area contributed by atoms with Crippen LogP contribution in [0, 0.1) is 17.0 Å². The molecule has 1 aliphatic carbocycles. The van der Waals surface area contributed by atoms with E-state index in [1.807, 2.05) is 25.1 Å². The monoisotopic (exact) mass is 392 g/mol. The first kappa shape index (κ1) is 18.6. The summed E-state index contributed by atoms with van der Waals surface area (Å²) in [6.45, 7) is 3.42. The standard InChI is InChI=1S/C20H20N6O3/c1-12-10-21-25(11-12)19-8-7-18(26(28)29)20(24-19)23-15-4-5-16-14(9-15)3-6-17(16)22-13(2)27/h4-5,7-11,17H,3,6H2,1-2H3,(H,22,27)(H,23,24)/t17-/m0/s1. The van der Waals surface area contributed by atoms with Gasteiger partial charge in [0, 0.05) is 24.9 Å². The Kier molecular flexibility index (Phi) is 4.71. The second kappa shape index (κ2) is 7.34. The zero-order valence-corrected chi connectivity index (χ0v) is 16.0. The van der Waals surface area contributed by atoms with E-state index in [9.17, 15) is 14.9 Å². The number of rotatable bonds is 5. The summed E-state index contributed by atoms with van der Waals surface area (Å²) in [4.78, 5) is 26.8. The van der Waals surface area contributed by atoms with E-state index in [-0.39, 0.29) is 23.5 Å². The molecule has 148 valence electrons. The predicted molar refractivity (Wildman–Crippen MR) is 107 cm³/mol. The zero-order chi connectivity index (χ0) is 20.5. The first-order valence-corrected chi connectivity index (χ1v) is 9.25. The fourth-order valence-corrected chi connectivity index (χ4v) is 3.57. The van der Waals surface area contributed by atoms with Gasteiger partial charge in [0.05, 0.1) is 17.2 Å². The van der Waals surface area contributed by atoms with E-state index in [1.165, 1.54) is 13.0 Å². The minimum Gasteiger partial charge on any atom is -0.350 e. The van der Waals surface area contributed by atoms with E-state index in [0.29, 0.717) is 11.5 Å². The van der Waals surface area contributed by atoms with E-state index < -0.39 is 4.92 Å². The van der Waals surface area contributed by atoms with Gasteiger partial charge in [0.25, 0.3) is 0 Å². The summed E-state index contributed by atoms with van der Waals surface area (Å²) in [6.07, 6.45) is 5.17. The van der Waals surface area contributed by atoms with E-state index in [2.05, 4.69) is 20.7 Å². The molecule has 0 radical (unpaired) electrons. The molecule has 1 aromatic carbocycles. The summed E-state index contributed by atoms with van der Waals surface area (Å²) in [7, 11) is 0. The van der Waals surface area contributed by atoms with Crippen molar-refractivity contribution in [2.75, 3.05) is 5.32 Å². The van der Waals surface area contributed by atoms with Crippen LogP contribution in [-0.2, 0) is 11.2 Å². The van der Waals surface area contributed by atoms with Crippen LogP contribution in [0.4, 0.5) is 17.2 Å². The van der Waals surface area contributed by atoms with Gasteiger partial charge in [-0.3, -0.25) is 14.9 Å². The normalized spacial score (nSPS) is 15.0. The Balaban J connectivity index is 1.65. The molecule has 0 bridgehead atoms. The van der Waals surface area contributed by atoms with Crippen molar-refractivity contribution >= 4 is 23.1 Å². The van der Waals surface area contributed by atoms with E-state index in [0.717, 1.165) is 29.5 Å². The van der Waals surface area contributed by atoms with Gasteiger partial charge in [-0.2, -0.15) is 5.10 Å². The maximum absolute atomic E-state index is 11.5. The summed E-state index contributed by atoms with van der Waals surface area (Å²) in [5, 5.41) is 21.7. The minimum absolute atomic E-state index is 0.00962. The molecule has 29 heavy (non-hydrogen) atoms. The van der Waals surface area contributed by atoms with Crippen molar-refractivity contribution in [2.45, 2.75) is 32.7 Å². The van der Waals surface area contributed by atoms with E-state index >= 15 is 0 Å². The Bertz CT molecular complexity index is 1110. The number of fused-ring (bicyclic) bond motifs is 1. The quantitative estimate of drug-likeness (QED) is 0.508. The number of aryl methyl sites for hydroxylation is 2. The fourth-order valence-electron chi connectivity index (χ4n) is 3.57. The van der Waals surface area contributed by atoms with Gasteiger partial charge in [-0.1, -0.05) is 6.07 Å². The number of nitrogens with one attached hydrogen (secondary N) is 2. The molecule has 0 fully saturated rings. The van der Waals surface area contributed by atoms with Crippen LogP contribution >= 0.6 is 0 Å². The number of nitrogens with zero attached hydrogens (tertiary/aromatic N) is 4. The molecular weight excluding hydrogens is 372 g/mol. The number of hydrogen-bond acceptors (Lipinski definition) is 6. The highest BCUT2D eigenvalue weighted by atomic mass is 16.6. The van der Waals surface area contributed by atoms with Crippen molar-refractivity contribution in [3.05, 3.63) is 69.5 Å². The van der Waals surface area contributed by atoms with E-state index in [1.54, 1.807) is 23.1 Å². The second-order valence-corrected chi connectivity index (χ2v) is 7.09. The summed E-state index contributed by atoms with van der Waals surface area (Å²) >= 11 is 0. The van der Waals surface area contributed by atoms with Crippen LogP contribution in [0.5, 0.6) is 0 Å². The van der Waals surface area contributed by atoms with E-state index in [4.69, 9.17) is 0 Å². The molecule has 9 nitrogen and oxygen atoms in total. The lowest BCUT2D eigenvalue weighted by Gasteiger charge is -2.13. The van der Waals surface area contributed by atoms with Gasteiger partial charge in [-0.15, -0.1) is 0 Å². The van der Waals surface area contributed by atoms with Crippen LogP contribution in [0.3, 0.4) is 0 Å². The van der Waals surface area contributed by atoms with Gasteiger partial charge in [0.2, 0.25) is 11.7 Å². The number of nitro groups is 1. The molecule has 0 spiro atoms. The molecule has 9 heteroatoms. The number of carbonyl (C=O) groups excluding carboxylic acids is 1. The van der Waals surface area contributed by atoms with Gasteiger partial charge in [0.1, 0.15) is 0 Å². The topological polar surface area (TPSA) is 115 Å². The second-order valence-electron chi connectivity index (χ2n) is 7.09. The van der Waals surface area contributed by atoms with Crippen LogP contribution in [0.1, 0.15) is 36.1 Å². The maximum atomic E-state index is 11.5. The molecule has 2 heterocycles. The number of benzene rings is 1. The largest absolute Gasteiger partial charge is 0.350 e. The third-order valence-electron chi connectivity index (χ3n) is 4.86. The zero-order valence-electron chi connectivity index (χ0n) is 16.0. The lowest BCUT2D eigenvalue weighted by molar-refractivity contribution is -0.384. The molecule has 0 saturated carbocycles.